The number of aromatic nitrogens is 2. The Balaban J connectivity index is 1.97. The summed E-state index contributed by atoms with van der Waals surface area (Å²) in [7, 11) is 0. The number of amides is 1. The molecule has 6 nitrogen and oxygen atoms in total. The Morgan fingerprint density at radius 2 is 1.89 bits per heavy atom. The van der Waals surface area contributed by atoms with Crippen LogP contribution in [0.1, 0.15) is 10.5 Å². The van der Waals surface area contributed by atoms with Crippen molar-refractivity contribution in [3.05, 3.63) is 52.9 Å². The lowest BCUT2D eigenvalue weighted by Gasteiger charge is -2.10. The van der Waals surface area contributed by atoms with Crippen LogP contribution >= 0.6 is 11.3 Å². The molecule has 0 bridgehead atoms. The van der Waals surface area contributed by atoms with E-state index in [0.29, 0.717) is 22.6 Å². The highest BCUT2D eigenvalue weighted by Crippen LogP contribution is 2.27. The first-order valence-electron chi connectivity index (χ1n) is 8.02. The summed E-state index contributed by atoms with van der Waals surface area (Å²) in [6, 6.07) is 8.38. The molecule has 0 aliphatic rings. The molecule has 2 N–H and O–H groups in total. The van der Waals surface area contributed by atoms with Gasteiger partial charge in [0.05, 0.1) is 12.3 Å². The smallest absolute Gasteiger partial charge is 0.406 e. The van der Waals surface area contributed by atoms with E-state index < -0.39 is 12.3 Å². The van der Waals surface area contributed by atoms with Gasteiger partial charge in [-0.2, -0.15) is 11.3 Å². The fraction of sp³-hybridized carbons (Fsp3) is 0.167. The van der Waals surface area contributed by atoms with Crippen LogP contribution in [0.15, 0.2) is 47.2 Å². The molecule has 0 aliphatic heterocycles. The Labute approximate surface area is 161 Å². The van der Waals surface area contributed by atoms with Crippen molar-refractivity contribution >= 4 is 17.2 Å². The number of aliphatic hydroxyl groups excluding tert-OH is 1. The molecule has 3 aromatic rings. The van der Waals surface area contributed by atoms with Crippen molar-refractivity contribution in [2.24, 2.45) is 0 Å². The Hall–Kier alpha value is -2.98. The third-order valence-corrected chi connectivity index (χ3v) is 4.20. The van der Waals surface area contributed by atoms with Gasteiger partial charge in [0.1, 0.15) is 11.4 Å². The number of thiophene rings is 1. The zero-order valence-corrected chi connectivity index (χ0v) is 15.0. The van der Waals surface area contributed by atoms with Gasteiger partial charge in [-0.25, -0.2) is 9.97 Å². The first kappa shape index (κ1) is 19.8. The molecule has 0 fully saturated rings. The van der Waals surface area contributed by atoms with E-state index in [0.717, 1.165) is 0 Å². The SMILES string of the molecule is O=C(NCCO)c1cc(-c2ccc(OC(F)(F)F)cc2)nc(-c2ccsc2)n1. The maximum Gasteiger partial charge on any atom is 0.573 e. The largest absolute Gasteiger partial charge is 0.573 e. The zero-order chi connectivity index (χ0) is 20.1. The number of carbonyl (C=O) groups is 1. The summed E-state index contributed by atoms with van der Waals surface area (Å²) >= 11 is 1.43. The van der Waals surface area contributed by atoms with E-state index in [1.54, 1.807) is 6.07 Å². The van der Waals surface area contributed by atoms with Gasteiger partial charge < -0.3 is 15.2 Å². The van der Waals surface area contributed by atoms with E-state index in [-0.39, 0.29) is 24.6 Å². The number of benzene rings is 1. The van der Waals surface area contributed by atoms with Crippen molar-refractivity contribution in [1.82, 2.24) is 15.3 Å². The Morgan fingerprint density at radius 3 is 2.50 bits per heavy atom. The van der Waals surface area contributed by atoms with Gasteiger partial charge in [0.25, 0.3) is 5.91 Å². The molecule has 146 valence electrons. The van der Waals surface area contributed by atoms with Crippen molar-refractivity contribution in [1.29, 1.82) is 0 Å². The van der Waals surface area contributed by atoms with Crippen molar-refractivity contribution in [2.75, 3.05) is 13.2 Å². The Bertz CT molecular complexity index is 945. The predicted molar refractivity (Wildman–Crippen MR) is 96.9 cm³/mol. The molecule has 3 rings (SSSR count). The molecular formula is C18H14F3N3O3S. The van der Waals surface area contributed by atoms with Crippen LogP contribution in [0.5, 0.6) is 5.75 Å². The Morgan fingerprint density at radius 1 is 1.14 bits per heavy atom. The monoisotopic (exact) mass is 409 g/mol. The van der Waals surface area contributed by atoms with Crippen LogP contribution in [0, 0.1) is 0 Å². The zero-order valence-electron chi connectivity index (χ0n) is 14.2. The number of ether oxygens (including phenoxy) is 1. The normalized spacial score (nSPS) is 11.3. The van der Waals surface area contributed by atoms with Gasteiger partial charge in [-0.05, 0) is 41.8 Å². The predicted octanol–water partition coefficient (Wildman–Crippen LogP) is 3.49. The number of aliphatic hydroxyl groups is 1. The molecule has 1 aromatic carbocycles. The van der Waals surface area contributed by atoms with Gasteiger partial charge in [0.15, 0.2) is 5.82 Å². The van der Waals surface area contributed by atoms with Crippen LogP contribution in [0.25, 0.3) is 22.6 Å². The minimum atomic E-state index is -4.78. The first-order valence-corrected chi connectivity index (χ1v) is 8.97. The Kier molecular flexibility index (Phi) is 5.90. The van der Waals surface area contributed by atoms with Crippen molar-refractivity contribution in [2.45, 2.75) is 6.36 Å². The second kappa shape index (κ2) is 8.36. The molecule has 0 saturated carbocycles. The van der Waals surface area contributed by atoms with Gasteiger partial charge in [0.2, 0.25) is 0 Å². The lowest BCUT2D eigenvalue weighted by Crippen LogP contribution is -2.27. The highest BCUT2D eigenvalue weighted by Gasteiger charge is 2.31. The topological polar surface area (TPSA) is 84.3 Å². The number of halogens is 3. The van der Waals surface area contributed by atoms with Gasteiger partial charge in [-0.1, -0.05) is 0 Å². The number of nitrogens with zero attached hydrogens (tertiary/aromatic N) is 2. The number of alkyl halides is 3. The van der Waals surface area contributed by atoms with Crippen molar-refractivity contribution in [3.63, 3.8) is 0 Å². The molecule has 2 heterocycles. The highest BCUT2D eigenvalue weighted by molar-refractivity contribution is 7.08. The van der Waals surface area contributed by atoms with E-state index in [9.17, 15) is 18.0 Å². The summed E-state index contributed by atoms with van der Waals surface area (Å²) in [4.78, 5) is 20.9. The average molecular weight is 409 g/mol. The maximum atomic E-state index is 12.3. The average Bonchev–Trinajstić information content (AvgIpc) is 3.20. The third kappa shape index (κ3) is 5.05. The molecule has 1 amide bonds. The van der Waals surface area contributed by atoms with Crippen LogP contribution in [0.3, 0.4) is 0 Å². The van der Waals surface area contributed by atoms with Crippen LogP contribution in [0.2, 0.25) is 0 Å². The standard InChI is InChI=1S/C18H14F3N3O3S/c19-18(20,21)27-13-3-1-11(2-4-13)14-9-15(17(26)22-6-7-25)24-16(23-14)12-5-8-28-10-12/h1-5,8-10,25H,6-7H2,(H,22,26). The first-order chi connectivity index (χ1) is 13.4. The molecule has 0 atom stereocenters. The molecule has 0 unspecified atom stereocenters. The maximum absolute atomic E-state index is 12.3. The van der Waals surface area contributed by atoms with Crippen LogP contribution < -0.4 is 10.1 Å². The third-order valence-electron chi connectivity index (χ3n) is 3.52. The summed E-state index contributed by atoms with van der Waals surface area (Å²) in [6.07, 6.45) is -4.78. The fourth-order valence-electron chi connectivity index (χ4n) is 2.32. The quantitative estimate of drug-likeness (QED) is 0.651. The summed E-state index contributed by atoms with van der Waals surface area (Å²) in [6.45, 7) is -0.156. The number of carbonyl (C=O) groups excluding carboxylic acids is 1. The van der Waals surface area contributed by atoms with Crippen LogP contribution in [-0.4, -0.2) is 40.5 Å². The van der Waals surface area contributed by atoms with E-state index >= 15 is 0 Å². The minimum Gasteiger partial charge on any atom is -0.406 e. The lowest BCUT2D eigenvalue weighted by atomic mass is 10.1. The summed E-state index contributed by atoms with van der Waals surface area (Å²) < 4.78 is 40.8. The summed E-state index contributed by atoms with van der Waals surface area (Å²) in [5.74, 6) is -0.543. The van der Waals surface area contributed by atoms with Crippen molar-refractivity contribution in [3.8, 4) is 28.4 Å². The van der Waals surface area contributed by atoms with E-state index in [2.05, 4.69) is 20.0 Å². The molecule has 2 aromatic heterocycles. The van der Waals surface area contributed by atoms with Gasteiger partial charge in [-0.15, -0.1) is 13.2 Å². The number of hydrogen-bond donors (Lipinski definition) is 2. The lowest BCUT2D eigenvalue weighted by molar-refractivity contribution is -0.274. The fourth-order valence-corrected chi connectivity index (χ4v) is 2.95. The number of hydrogen-bond acceptors (Lipinski definition) is 6. The molecular weight excluding hydrogens is 395 g/mol. The minimum absolute atomic E-state index is 0.0649. The van der Waals surface area contributed by atoms with Gasteiger partial charge >= 0.3 is 6.36 Å². The summed E-state index contributed by atoms with van der Waals surface area (Å²) in [5, 5.41) is 15.0. The molecule has 0 saturated heterocycles. The van der Waals surface area contributed by atoms with E-state index in [1.807, 2.05) is 10.8 Å². The molecule has 10 heteroatoms. The van der Waals surface area contributed by atoms with Crippen LogP contribution in [0.4, 0.5) is 13.2 Å². The molecule has 0 radical (unpaired) electrons. The second-order valence-corrected chi connectivity index (χ2v) is 6.31. The van der Waals surface area contributed by atoms with Gasteiger partial charge in [-0.3, -0.25) is 4.79 Å². The second-order valence-electron chi connectivity index (χ2n) is 5.53. The summed E-state index contributed by atoms with van der Waals surface area (Å²) in [5.41, 5.74) is 1.64. The van der Waals surface area contributed by atoms with Crippen molar-refractivity contribution < 1.29 is 27.8 Å². The highest BCUT2D eigenvalue weighted by atomic mass is 32.1. The molecule has 0 aliphatic carbocycles. The van der Waals surface area contributed by atoms with E-state index in [4.69, 9.17) is 5.11 Å². The van der Waals surface area contributed by atoms with Crippen LogP contribution in [-0.2, 0) is 0 Å². The van der Waals surface area contributed by atoms with E-state index in [1.165, 1.54) is 41.7 Å². The van der Waals surface area contributed by atoms with Gasteiger partial charge in [0, 0.05) is 23.1 Å². The number of rotatable bonds is 6. The molecule has 0 spiro atoms. The number of nitrogens with one attached hydrogen (secondary N) is 1. The molecule has 28 heavy (non-hydrogen) atoms.